The predicted octanol–water partition coefficient (Wildman–Crippen LogP) is -1.80. The van der Waals surface area contributed by atoms with Crippen molar-refractivity contribution in [3.05, 3.63) is 53.6 Å². The first-order valence-corrected chi connectivity index (χ1v) is 15.6. The van der Waals surface area contributed by atoms with E-state index in [1.165, 1.54) is 18.0 Å². The van der Waals surface area contributed by atoms with Crippen LogP contribution in [0.25, 0.3) is 11.1 Å². The van der Waals surface area contributed by atoms with Gasteiger partial charge < -0.3 is 54.0 Å². The average Bonchev–Trinajstić information content (AvgIpc) is 3.04. The number of carbonyl (C=O) groups is 4. The van der Waals surface area contributed by atoms with Gasteiger partial charge in [0.25, 0.3) is 0 Å². The maximum atomic E-state index is 13.9. The van der Waals surface area contributed by atoms with Gasteiger partial charge in [-0.2, -0.15) is 0 Å². The van der Waals surface area contributed by atoms with Gasteiger partial charge in [0.2, 0.25) is 23.6 Å². The van der Waals surface area contributed by atoms with Crippen molar-refractivity contribution in [3.63, 3.8) is 0 Å². The summed E-state index contributed by atoms with van der Waals surface area (Å²) in [5.41, 5.74) is 26.0. The first-order valence-electron chi connectivity index (χ1n) is 15.6. The maximum absolute atomic E-state index is 13.9. The number of phenols is 1. The van der Waals surface area contributed by atoms with E-state index in [9.17, 15) is 29.4 Å². The Morgan fingerprint density at radius 1 is 1.09 bits per heavy atom. The summed E-state index contributed by atoms with van der Waals surface area (Å²) < 4.78 is 0. The van der Waals surface area contributed by atoms with Gasteiger partial charge >= 0.3 is 0 Å². The molecule has 3 rings (SSSR count). The zero-order valence-corrected chi connectivity index (χ0v) is 26.3. The number of hydrogen-bond donors (Lipinski definition) is 9. The molecule has 0 saturated carbocycles. The van der Waals surface area contributed by atoms with Gasteiger partial charge in [-0.1, -0.05) is 30.3 Å². The molecule has 252 valence electrons. The monoisotopic (exact) mass is 640 g/mol. The SMILES string of the molecule is CN1C(=O)[C@H](C[C@@H](O)CN)NC(=O)[C@@H](N)Cc2cc(ccc2O)-c2cccc(c2)C[C@H]1C(=O)NCCC(=O)NC[C@@H](N)CCCN. The molecule has 0 fully saturated rings. The van der Waals surface area contributed by atoms with Crippen molar-refractivity contribution in [1.29, 1.82) is 0 Å². The lowest BCUT2D eigenvalue weighted by molar-refractivity contribution is -0.142. The van der Waals surface area contributed by atoms with Crippen LogP contribution in [-0.4, -0.2) is 102 Å². The number of fused-ring (bicyclic) bond motifs is 5. The van der Waals surface area contributed by atoms with Gasteiger partial charge in [-0.3, -0.25) is 19.2 Å². The van der Waals surface area contributed by atoms with E-state index in [1.807, 2.05) is 24.3 Å². The third-order valence-electron chi connectivity index (χ3n) is 8.05. The van der Waals surface area contributed by atoms with Gasteiger partial charge in [0.15, 0.2) is 0 Å². The number of amides is 4. The van der Waals surface area contributed by atoms with Crippen molar-refractivity contribution in [2.45, 2.75) is 68.8 Å². The molecule has 0 aliphatic carbocycles. The molecule has 2 aromatic carbocycles. The normalized spacial score (nSPS) is 20.1. The first-order chi connectivity index (χ1) is 21.9. The van der Waals surface area contributed by atoms with Crippen LogP contribution < -0.4 is 38.9 Å². The number of aliphatic hydroxyl groups is 1. The third-order valence-corrected chi connectivity index (χ3v) is 8.05. The number of phenolic OH excluding ortho intramolecular Hbond substituents is 1. The number of rotatable bonds is 12. The highest BCUT2D eigenvalue weighted by atomic mass is 16.3. The van der Waals surface area contributed by atoms with Crippen LogP contribution in [0.3, 0.4) is 0 Å². The number of benzene rings is 2. The number of nitrogens with zero attached hydrogens (tertiary/aromatic N) is 1. The fourth-order valence-corrected chi connectivity index (χ4v) is 5.27. The fraction of sp³-hybridized carbons (Fsp3) is 0.500. The second-order valence-electron chi connectivity index (χ2n) is 11.7. The van der Waals surface area contributed by atoms with Crippen molar-refractivity contribution >= 4 is 23.6 Å². The van der Waals surface area contributed by atoms with E-state index in [-0.39, 0.29) is 63.0 Å². The molecule has 0 aromatic heterocycles. The molecule has 4 bridgehead atoms. The molecule has 13 N–H and O–H groups in total. The van der Waals surface area contributed by atoms with Crippen LogP contribution in [0, 0.1) is 0 Å². The molecule has 1 aliphatic heterocycles. The number of aliphatic hydroxyl groups excluding tert-OH is 1. The van der Waals surface area contributed by atoms with E-state index in [0.29, 0.717) is 18.5 Å². The smallest absolute Gasteiger partial charge is 0.245 e. The van der Waals surface area contributed by atoms with Gasteiger partial charge in [0.1, 0.15) is 17.8 Å². The van der Waals surface area contributed by atoms with Crippen LogP contribution in [0.4, 0.5) is 0 Å². The predicted molar refractivity (Wildman–Crippen MR) is 174 cm³/mol. The Morgan fingerprint density at radius 2 is 1.83 bits per heavy atom. The number of hydrogen-bond acceptors (Lipinski definition) is 10. The minimum absolute atomic E-state index is 0.00232. The summed E-state index contributed by atoms with van der Waals surface area (Å²) in [6.45, 7) is 0.657. The first kappa shape index (κ1) is 36.4. The summed E-state index contributed by atoms with van der Waals surface area (Å²) in [7, 11) is 1.44. The lowest BCUT2D eigenvalue weighted by Crippen LogP contribution is -2.58. The molecule has 0 unspecified atom stereocenters. The number of likely N-dealkylation sites (N-methyl/N-ethyl adjacent to an activating group) is 1. The molecule has 14 heteroatoms. The summed E-state index contributed by atoms with van der Waals surface area (Å²) in [6, 6.07) is 8.78. The van der Waals surface area contributed by atoms with E-state index in [0.717, 1.165) is 23.1 Å². The van der Waals surface area contributed by atoms with E-state index >= 15 is 0 Å². The van der Waals surface area contributed by atoms with Crippen molar-refractivity contribution < 1.29 is 29.4 Å². The molecule has 46 heavy (non-hydrogen) atoms. The summed E-state index contributed by atoms with van der Waals surface area (Å²) in [6.07, 6.45) is 0.192. The largest absolute Gasteiger partial charge is 0.508 e. The summed E-state index contributed by atoms with van der Waals surface area (Å²) >= 11 is 0. The lowest BCUT2D eigenvalue weighted by Gasteiger charge is -2.32. The Balaban J connectivity index is 1.89. The van der Waals surface area contributed by atoms with E-state index in [4.69, 9.17) is 22.9 Å². The third kappa shape index (κ3) is 10.5. The van der Waals surface area contributed by atoms with Crippen LogP contribution in [0.5, 0.6) is 5.75 Å². The van der Waals surface area contributed by atoms with Crippen LogP contribution >= 0.6 is 0 Å². The fourth-order valence-electron chi connectivity index (χ4n) is 5.27. The highest BCUT2D eigenvalue weighted by molar-refractivity contribution is 5.93. The Labute approximate surface area is 269 Å². The van der Waals surface area contributed by atoms with Gasteiger partial charge in [-0.25, -0.2) is 0 Å². The standard InChI is InChI=1S/C32H48N8O6/c1-40-27(31(45)37-11-9-29(43)38-18-23(35)6-3-10-33)13-19-4-2-5-20(12-19)21-7-8-28(42)22(14-21)15-25(36)30(44)39-26(32(40)46)16-24(41)17-34/h2,4-5,7-8,12,14,23-27,41-42H,3,6,9-11,13,15-18,33-36H2,1H3,(H,37,45)(H,38,43)(H,39,44)/t23-,24+,25-,26-,27-/m0/s1. The molecule has 2 aromatic rings. The number of aromatic hydroxyl groups is 1. The van der Waals surface area contributed by atoms with Crippen molar-refractivity contribution in [1.82, 2.24) is 20.9 Å². The molecule has 0 radical (unpaired) electrons. The Bertz CT molecular complexity index is 1360. The van der Waals surface area contributed by atoms with Gasteiger partial charge in [0.05, 0.1) is 12.1 Å². The number of nitrogens with one attached hydrogen (secondary N) is 3. The van der Waals surface area contributed by atoms with E-state index < -0.39 is 42.0 Å². The highest BCUT2D eigenvalue weighted by Crippen LogP contribution is 2.28. The molecule has 5 atom stereocenters. The molecule has 0 spiro atoms. The molecule has 1 heterocycles. The molecular weight excluding hydrogens is 592 g/mol. The summed E-state index contributed by atoms with van der Waals surface area (Å²) in [5.74, 6) is -2.13. The minimum atomic E-state index is -1.25. The van der Waals surface area contributed by atoms with Crippen LogP contribution in [0.1, 0.15) is 36.8 Å². The molecular formula is C32H48N8O6. The lowest BCUT2D eigenvalue weighted by atomic mass is 9.95. The van der Waals surface area contributed by atoms with E-state index in [2.05, 4.69) is 16.0 Å². The van der Waals surface area contributed by atoms with Gasteiger partial charge in [-0.05, 0) is 53.8 Å². The van der Waals surface area contributed by atoms with Gasteiger partial charge in [0, 0.05) is 58.4 Å². The molecule has 0 saturated heterocycles. The Kier molecular flexibility index (Phi) is 13.9. The van der Waals surface area contributed by atoms with Crippen LogP contribution in [0.15, 0.2) is 42.5 Å². The maximum Gasteiger partial charge on any atom is 0.245 e. The van der Waals surface area contributed by atoms with Gasteiger partial charge in [-0.15, -0.1) is 0 Å². The average molecular weight is 641 g/mol. The second-order valence-corrected chi connectivity index (χ2v) is 11.7. The molecule has 14 nitrogen and oxygen atoms in total. The summed E-state index contributed by atoms with van der Waals surface area (Å²) in [4.78, 5) is 54.2. The molecule has 1 aliphatic rings. The van der Waals surface area contributed by atoms with Crippen molar-refractivity contribution in [3.8, 4) is 16.9 Å². The topological polar surface area (TPSA) is 252 Å². The quantitative estimate of drug-likeness (QED) is 0.126. The second kappa shape index (κ2) is 17.6. The zero-order chi connectivity index (χ0) is 33.8. The van der Waals surface area contributed by atoms with Crippen molar-refractivity contribution in [2.75, 3.05) is 33.2 Å². The number of nitrogens with two attached hydrogens (primary N) is 4. The number of carbonyl (C=O) groups excluding carboxylic acids is 4. The van der Waals surface area contributed by atoms with Crippen LogP contribution in [-0.2, 0) is 32.0 Å². The zero-order valence-electron chi connectivity index (χ0n) is 26.3. The Morgan fingerprint density at radius 3 is 2.54 bits per heavy atom. The van der Waals surface area contributed by atoms with E-state index in [1.54, 1.807) is 12.1 Å². The molecule has 4 amide bonds. The highest BCUT2D eigenvalue weighted by Gasteiger charge is 2.34. The van der Waals surface area contributed by atoms with Crippen molar-refractivity contribution in [2.24, 2.45) is 22.9 Å². The minimum Gasteiger partial charge on any atom is -0.508 e. The summed E-state index contributed by atoms with van der Waals surface area (Å²) in [5, 5.41) is 28.9. The Hall–Kier alpha value is -4.08. The van der Waals surface area contributed by atoms with Crippen LogP contribution in [0.2, 0.25) is 0 Å².